The number of hydrogen-bond acceptors (Lipinski definition) is 5. The Labute approximate surface area is 170 Å². The van der Waals surface area contributed by atoms with E-state index < -0.39 is 0 Å². The summed E-state index contributed by atoms with van der Waals surface area (Å²) >= 11 is 0. The van der Waals surface area contributed by atoms with Crippen molar-refractivity contribution in [3.05, 3.63) is 54.0 Å². The van der Waals surface area contributed by atoms with Crippen molar-refractivity contribution in [1.82, 2.24) is 19.7 Å². The van der Waals surface area contributed by atoms with Crippen molar-refractivity contribution in [3.8, 4) is 17.0 Å². The van der Waals surface area contributed by atoms with Crippen LogP contribution in [0.1, 0.15) is 30.0 Å². The van der Waals surface area contributed by atoms with Gasteiger partial charge in [0.2, 0.25) is 5.95 Å². The van der Waals surface area contributed by atoms with Crippen molar-refractivity contribution in [2.45, 2.75) is 31.7 Å². The Morgan fingerprint density at radius 1 is 1.10 bits per heavy atom. The highest BCUT2D eigenvalue weighted by Gasteiger charge is 2.45. The first-order valence-electron chi connectivity index (χ1n) is 10.6. The number of rotatable bonds is 5. The first-order chi connectivity index (χ1) is 14.3. The molecule has 0 spiro atoms. The molecule has 6 rings (SSSR count). The third-order valence-corrected chi connectivity index (χ3v) is 6.67. The third kappa shape index (κ3) is 2.89. The minimum absolute atomic E-state index is 0.489. The predicted molar refractivity (Wildman–Crippen MR) is 111 cm³/mol. The summed E-state index contributed by atoms with van der Waals surface area (Å²) < 4.78 is 7.80. The van der Waals surface area contributed by atoms with Crippen LogP contribution in [-0.4, -0.2) is 39.9 Å². The molecule has 148 valence electrons. The number of ether oxygens (including phenoxy) is 1. The van der Waals surface area contributed by atoms with Gasteiger partial charge in [0.05, 0.1) is 12.8 Å². The summed E-state index contributed by atoms with van der Waals surface area (Å²) in [5, 5.41) is 5.13. The highest BCUT2D eigenvalue weighted by atomic mass is 16.5. The van der Waals surface area contributed by atoms with Crippen LogP contribution in [0.2, 0.25) is 0 Å². The number of methoxy groups -OCH3 is 1. The molecule has 2 fully saturated rings. The smallest absolute Gasteiger partial charge is 0.225 e. The lowest BCUT2D eigenvalue weighted by Gasteiger charge is -2.16. The summed E-state index contributed by atoms with van der Waals surface area (Å²) in [6.45, 7) is 3.05. The summed E-state index contributed by atoms with van der Waals surface area (Å²) in [6.07, 6.45) is 7.45. The zero-order valence-electron chi connectivity index (χ0n) is 16.7. The molecule has 3 aliphatic rings. The first kappa shape index (κ1) is 17.0. The molecule has 2 aliphatic carbocycles. The Bertz CT molecular complexity index is 1040. The Morgan fingerprint density at radius 3 is 2.76 bits per heavy atom. The number of anilines is 1. The van der Waals surface area contributed by atoms with Gasteiger partial charge in [-0.1, -0.05) is 12.1 Å². The van der Waals surface area contributed by atoms with Crippen LogP contribution in [0.4, 0.5) is 5.95 Å². The summed E-state index contributed by atoms with van der Waals surface area (Å²) in [7, 11) is 1.72. The molecule has 2 atom stereocenters. The highest BCUT2D eigenvalue weighted by molar-refractivity contribution is 5.68. The van der Waals surface area contributed by atoms with Gasteiger partial charge in [-0.3, -0.25) is 4.68 Å². The van der Waals surface area contributed by atoms with Crippen molar-refractivity contribution < 1.29 is 4.74 Å². The van der Waals surface area contributed by atoms with Crippen molar-refractivity contribution in [1.29, 1.82) is 0 Å². The highest BCUT2D eigenvalue weighted by Crippen LogP contribution is 2.48. The van der Waals surface area contributed by atoms with Crippen molar-refractivity contribution in [2.24, 2.45) is 11.8 Å². The molecule has 1 saturated carbocycles. The summed E-state index contributed by atoms with van der Waals surface area (Å²) in [5.41, 5.74) is 5.20. The van der Waals surface area contributed by atoms with E-state index in [9.17, 15) is 0 Å². The number of nitrogens with zero attached hydrogens (tertiary/aromatic N) is 5. The maximum atomic E-state index is 5.48. The van der Waals surface area contributed by atoms with Crippen LogP contribution in [0.3, 0.4) is 0 Å². The van der Waals surface area contributed by atoms with Gasteiger partial charge in [-0.25, -0.2) is 9.97 Å². The predicted octanol–water partition coefficient (Wildman–Crippen LogP) is 3.53. The summed E-state index contributed by atoms with van der Waals surface area (Å²) in [5.74, 6) is 3.64. The van der Waals surface area contributed by atoms with Crippen LogP contribution in [0.5, 0.6) is 5.75 Å². The maximum Gasteiger partial charge on any atom is 0.225 e. The second-order valence-corrected chi connectivity index (χ2v) is 8.59. The molecule has 6 nitrogen and oxygen atoms in total. The van der Waals surface area contributed by atoms with Gasteiger partial charge in [0.15, 0.2) is 0 Å². The van der Waals surface area contributed by atoms with E-state index in [4.69, 9.17) is 9.84 Å². The van der Waals surface area contributed by atoms with Crippen LogP contribution in [0, 0.1) is 11.8 Å². The van der Waals surface area contributed by atoms with E-state index in [-0.39, 0.29) is 0 Å². The molecule has 2 aromatic heterocycles. The van der Waals surface area contributed by atoms with Crippen molar-refractivity contribution in [2.75, 3.05) is 25.1 Å². The molecular weight excluding hydrogens is 362 g/mol. The lowest BCUT2D eigenvalue weighted by molar-refractivity contribution is 0.415. The second-order valence-electron chi connectivity index (χ2n) is 8.59. The Hall–Kier alpha value is -2.89. The molecule has 1 aromatic carbocycles. The average Bonchev–Trinajstić information content (AvgIpc) is 3.23. The van der Waals surface area contributed by atoms with Crippen LogP contribution >= 0.6 is 0 Å². The molecule has 3 aromatic rings. The normalized spacial score (nSPS) is 22.6. The molecule has 1 saturated heterocycles. The average molecular weight is 387 g/mol. The summed E-state index contributed by atoms with van der Waals surface area (Å²) in [6, 6.07) is 10.2. The van der Waals surface area contributed by atoms with Gasteiger partial charge < -0.3 is 9.64 Å². The van der Waals surface area contributed by atoms with E-state index in [1.807, 2.05) is 24.5 Å². The number of fused-ring (bicyclic) bond motifs is 3. The van der Waals surface area contributed by atoms with Gasteiger partial charge in [-0.15, -0.1) is 0 Å². The van der Waals surface area contributed by atoms with Gasteiger partial charge in [0, 0.05) is 54.8 Å². The van der Waals surface area contributed by atoms with Crippen molar-refractivity contribution >= 4 is 5.95 Å². The fraction of sp³-hybridized carbons (Fsp3) is 0.435. The molecule has 6 heteroatoms. The standard InChI is InChI=1S/C23H25N5O/c1-29-18-5-2-4-16(10-18)22-21-19-14-27(23-24-8-3-9-25-23)13-17(19)11-20(21)28(26-22)12-15-6-7-15/h2-5,8-10,15,17,19H,6-7,11-14H2,1H3/t17-,19+/m1/s1. The van der Waals surface area contributed by atoms with E-state index >= 15 is 0 Å². The molecule has 0 radical (unpaired) electrons. The van der Waals surface area contributed by atoms with Gasteiger partial charge in [-0.05, 0) is 49.3 Å². The molecule has 3 heterocycles. The fourth-order valence-corrected chi connectivity index (χ4v) is 5.07. The first-order valence-corrected chi connectivity index (χ1v) is 10.6. The molecule has 0 amide bonds. The zero-order chi connectivity index (χ0) is 19.4. The number of hydrogen-bond donors (Lipinski definition) is 0. The number of aromatic nitrogens is 4. The molecular formula is C23H25N5O. The largest absolute Gasteiger partial charge is 0.497 e. The van der Waals surface area contributed by atoms with E-state index in [1.165, 1.54) is 24.1 Å². The molecule has 0 unspecified atom stereocenters. The minimum atomic E-state index is 0.489. The SMILES string of the molecule is COc1cccc(-c2nn(CC3CC3)c3c2[C@H]2CN(c4ncccn4)C[C@H]2C3)c1. The third-order valence-electron chi connectivity index (χ3n) is 6.67. The van der Waals surface area contributed by atoms with Crippen molar-refractivity contribution in [3.63, 3.8) is 0 Å². The lowest BCUT2D eigenvalue weighted by Crippen LogP contribution is -2.23. The molecule has 29 heavy (non-hydrogen) atoms. The molecule has 0 N–H and O–H groups in total. The van der Waals surface area contributed by atoms with Crippen LogP contribution in [0.15, 0.2) is 42.7 Å². The van der Waals surface area contributed by atoms with Gasteiger partial charge in [-0.2, -0.15) is 5.10 Å². The van der Waals surface area contributed by atoms with E-state index in [0.29, 0.717) is 11.8 Å². The Kier molecular flexibility index (Phi) is 3.86. The maximum absolute atomic E-state index is 5.48. The van der Waals surface area contributed by atoms with Gasteiger partial charge >= 0.3 is 0 Å². The molecule has 0 bridgehead atoms. The lowest BCUT2D eigenvalue weighted by atomic mass is 9.94. The van der Waals surface area contributed by atoms with Gasteiger partial charge in [0.1, 0.15) is 5.75 Å². The zero-order valence-corrected chi connectivity index (χ0v) is 16.7. The fourth-order valence-electron chi connectivity index (χ4n) is 5.07. The number of benzene rings is 1. The molecule has 1 aliphatic heterocycles. The quantitative estimate of drug-likeness (QED) is 0.670. The minimum Gasteiger partial charge on any atom is -0.497 e. The van der Waals surface area contributed by atoms with E-state index in [0.717, 1.165) is 54.9 Å². The second kappa shape index (κ2) is 6.58. The van der Waals surface area contributed by atoms with Crippen LogP contribution in [0.25, 0.3) is 11.3 Å². The van der Waals surface area contributed by atoms with Crippen LogP contribution < -0.4 is 9.64 Å². The van der Waals surface area contributed by atoms with Gasteiger partial charge in [0.25, 0.3) is 0 Å². The monoisotopic (exact) mass is 387 g/mol. The van der Waals surface area contributed by atoms with E-state index in [2.05, 4.69) is 37.7 Å². The van der Waals surface area contributed by atoms with E-state index in [1.54, 1.807) is 7.11 Å². The Balaban J connectivity index is 1.40. The van der Waals surface area contributed by atoms with Crippen LogP contribution in [-0.2, 0) is 13.0 Å². The summed E-state index contributed by atoms with van der Waals surface area (Å²) in [4.78, 5) is 11.3. The topological polar surface area (TPSA) is 56.1 Å². The Morgan fingerprint density at radius 2 is 1.97 bits per heavy atom.